The minimum atomic E-state index is -0.770. The van der Waals surface area contributed by atoms with Gasteiger partial charge in [-0.2, -0.15) is 0 Å². The van der Waals surface area contributed by atoms with Gasteiger partial charge in [-0.05, 0) is 51.4 Å². The molecule has 0 aliphatic rings. The topological polar surface area (TPSA) is 89.3 Å². The molecule has 0 spiro atoms. The molecule has 4 heteroatoms. The minimum absolute atomic E-state index is 0.397. The first kappa shape index (κ1) is 19.4. The Bertz CT molecular complexity index is 318. The van der Waals surface area contributed by atoms with Crippen LogP contribution in [0.1, 0.15) is 68.2 Å². The van der Waals surface area contributed by atoms with E-state index in [4.69, 9.17) is 11.5 Å². The fourth-order valence-electron chi connectivity index (χ4n) is 4.28. The van der Waals surface area contributed by atoms with Crippen molar-refractivity contribution in [1.29, 1.82) is 0 Å². The maximum Gasteiger partial charge on any atom is 0.307 e. The van der Waals surface area contributed by atoms with Crippen molar-refractivity contribution >= 4 is 5.97 Å². The fourth-order valence-corrected chi connectivity index (χ4v) is 4.28. The quantitative estimate of drug-likeness (QED) is 0.671. The van der Waals surface area contributed by atoms with E-state index in [1.54, 1.807) is 0 Å². The van der Waals surface area contributed by atoms with Gasteiger partial charge in [-0.3, -0.25) is 4.79 Å². The molecule has 0 saturated heterocycles. The van der Waals surface area contributed by atoms with Crippen molar-refractivity contribution in [2.75, 3.05) is 0 Å². The normalized spacial score (nSPS) is 14.8. The number of rotatable bonds is 7. The van der Waals surface area contributed by atoms with Crippen LogP contribution < -0.4 is 11.5 Å². The molecule has 0 aromatic carbocycles. The summed E-state index contributed by atoms with van der Waals surface area (Å²) in [6.45, 7) is 15.7. The molecule has 0 rings (SSSR count). The molecule has 0 saturated carbocycles. The van der Waals surface area contributed by atoms with Gasteiger partial charge >= 0.3 is 5.97 Å². The smallest absolute Gasteiger partial charge is 0.307 e. The summed E-state index contributed by atoms with van der Waals surface area (Å²) < 4.78 is 0. The van der Waals surface area contributed by atoms with Crippen molar-refractivity contribution < 1.29 is 9.90 Å². The molecule has 0 fully saturated rings. The van der Waals surface area contributed by atoms with Crippen LogP contribution in [0.3, 0.4) is 0 Å². The summed E-state index contributed by atoms with van der Waals surface area (Å²) in [4.78, 5) is 11.9. The molecule has 4 nitrogen and oxygen atoms in total. The van der Waals surface area contributed by atoms with Crippen LogP contribution in [0.4, 0.5) is 0 Å². The van der Waals surface area contributed by atoms with E-state index in [0.717, 1.165) is 0 Å². The molecule has 0 atom stereocenters. The van der Waals surface area contributed by atoms with Crippen molar-refractivity contribution in [1.82, 2.24) is 0 Å². The fraction of sp³-hybridized carbons (Fsp3) is 0.938. The third-order valence-corrected chi connectivity index (χ3v) is 3.63. The van der Waals surface area contributed by atoms with Crippen LogP contribution in [0.15, 0.2) is 0 Å². The highest BCUT2D eigenvalue weighted by molar-refractivity contribution is 5.72. The number of hydrogen-bond acceptors (Lipinski definition) is 3. The minimum Gasteiger partial charge on any atom is -0.481 e. The lowest BCUT2D eigenvalue weighted by atomic mass is 9.59. The Labute approximate surface area is 124 Å². The van der Waals surface area contributed by atoms with E-state index in [2.05, 4.69) is 0 Å². The third-order valence-electron chi connectivity index (χ3n) is 3.63. The summed E-state index contributed by atoms with van der Waals surface area (Å²) in [6, 6.07) is 0. The van der Waals surface area contributed by atoms with Gasteiger partial charge in [0.1, 0.15) is 0 Å². The first-order valence-corrected chi connectivity index (χ1v) is 7.29. The highest BCUT2D eigenvalue weighted by atomic mass is 16.4. The molecule has 0 amide bonds. The molecule has 0 bridgehead atoms. The van der Waals surface area contributed by atoms with Crippen molar-refractivity contribution in [2.24, 2.45) is 28.2 Å². The Morgan fingerprint density at radius 3 is 1.25 bits per heavy atom. The molecule has 0 aliphatic carbocycles. The number of hydrogen-bond donors (Lipinski definition) is 3. The van der Waals surface area contributed by atoms with Gasteiger partial charge < -0.3 is 16.6 Å². The summed E-state index contributed by atoms with van der Waals surface area (Å²) in [5.41, 5.74) is 10.6. The molecule has 20 heavy (non-hydrogen) atoms. The van der Waals surface area contributed by atoms with Crippen LogP contribution in [-0.2, 0) is 4.79 Å². The van der Waals surface area contributed by atoms with Crippen LogP contribution in [0, 0.1) is 16.7 Å². The lowest BCUT2D eigenvalue weighted by Crippen LogP contribution is -2.50. The monoisotopic (exact) mass is 286 g/mol. The lowest BCUT2D eigenvalue weighted by molar-refractivity contribution is -0.153. The average Bonchev–Trinajstić information content (AvgIpc) is 1.87. The zero-order valence-corrected chi connectivity index (χ0v) is 14.5. The third kappa shape index (κ3) is 6.23. The van der Waals surface area contributed by atoms with Crippen molar-refractivity contribution in [2.45, 2.75) is 79.3 Å². The highest BCUT2D eigenvalue weighted by Gasteiger charge is 2.48. The van der Waals surface area contributed by atoms with Gasteiger partial charge in [0.25, 0.3) is 0 Å². The van der Waals surface area contributed by atoms with E-state index in [0.29, 0.717) is 12.8 Å². The number of nitrogens with two attached hydrogens (primary N) is 2. The van der Waals surface area contributed by atoms with Crippen LogP contribution in [-0.4, -0.2) is 22.2 Å². The zero-order valence-electron chi connectivity index (χ0n) is 14.5. The van der Waals surface area contributed by atoms with Gasteiger partial charge in [0, 0.05) is 11.1 Å². The molecule has 0 heterocycles. The predicted molar refractivity (Wildman–Crippen MR) is 84.5 cm³/mol. The molecule has 0 aromatic heterocycles. The summed E-state index contributed by atoms with van der Waals surface area (Å²) in [6.07, 6.45) is 1.29. The SMILES string of the molecule is CC(C)(N)CC(C)(C)C(C(=O)O)C(C)(C)CC(C)(C)N. The van der Waals surface area contributed by atoms with E-state index in [9.17, 15) is 9.90 Å². The van der Waals surface area contributed by atoms with E-state index in [1.165, 1.54) is 0 Å². The maximum absolute atomic E-state index is 11.9. The number of carbonyl (C=O) groups is 1. The summed E-state index contributed by atoms with van der Waals surface area (Å²) in [5, 5.41) is 9.76. The summed E-state index contributed by atoms with van der Waals surface area (Å²) >= 11 is 0. The van der Waals surface area contributed by atoms with Crippen molar-refractivity contribution in [3.05, 3.63) is 0 Å². The first-order chi connectivity index (χ1) is 8.48. The standard InChI is InChI=1S/C16H34N2O2/c1-13(2,9-15(5,6)17)11(12(19)20)14(3,4)10-16(7,8)18/h11H,9-10,17-18H2,1-8H3,(H,19,20). The molecule has 0 aromatic rings. The molecular formula is C16H34N2O2. The average molecular weight is 286 g/mol. The number of carboxylic acid groups (broad SMARTS) is 1. The molecule has 5 N–H and O–H groups in total. The zero-order chi connectivity index (χ0) is 16.6. The van der Waals surface area contributed by atoms with Gasteiger partial charge in [-0.1, -0.05) is 27.7 Å². The second-order valence-electron chi connectivity index (χ2n) is 9.08. The van der Waals surface area contributed by atoms with Crippen molar-refractivity contribution in [3.63, 3.8) is 0 Å². The Morgan fingerprint density at radius 2 is 1.10 bits per heavy atom. The predicted octanol–water partition coefficient (Wildman–Crippen LogP) is 2.99. The molecule has 0 unspecified atom stereocenters. The van der Waals surface area contributed by atoms with Gasteiger partial charge in [0.2, 0.25) is 0 Å². The van der Waals surface area contributed by atoms with E-state index < -0.39 is 33.8 Å². The molecule has 120 valence electrons. The first-order valence-electron chi connectivity index (χ1n) is 7.29. The Morgan fingerprint density at radius 1 is 0.850 bits per heavy atom. The lowest BCUT2D eigenvalue weighted by Gasteiger charge is -2.46. The van der Waals surface area contributed by atoms with E-state index >= 15 is 0 Å². The Balaban J connectivity index is 5.49. The largest absolute Gasteiger partial charge is 0.481 e. The molecule has 0 radical (unpaired) electrons. The van der Waals surface area contributed by atoms with Gasteiger partial charge in [0.15, 0.2) is 0 Å². The second-order valence-corrected chi connectivity index (χ2v) is 9.08. The molecular weight excluding hydrogens is 252 g/mol. The second kappa shape index (κ2) is 5.64. The van der Waals surface area contributed by atoms with Crippen LogP contribution in [0.2, 0.25) is 0 Å². The van der Waals surface area contributed by atoms with Crippen LogP contribution in [0.5, 0.6) is 0 Å². The summed E-state index contributed by atoms with van der Waals surface area (Å²) in [5.74, 6) is -1.27. The molecule has 0 aliphatic heterocycles. The Kier molecular flexibility index (Phi) is 5.47. The van der Waals surface area contributed by atoms with E-state index in [1.807, 2.05) is 55.4 Å². The highest BCUT2D eigenvalue weighted by Crippen LogP contribution is 2.47. The number of aliphatic carboxylic acids is 1. The van der Waals surface area contributed by atoms with Crippen molar-refractivity contribution in [3.8, 4) is 0 Å². The van der Waals surface area contributed by atoms with Gasteiger partial charge in [-0.15, -0.1) is 0 Å². The number of carboxylic acids is 1. The van der Waals surface area contributed by atoms with Gasteiger partial charge in [-0.25, -0.2) is 0 Å². The van der Waals surface area contributed by atoms with Crippen LogP contribution in [0.25, 0.3) is 0 Å². The van der Waals surface area contributed by atoms with Gasteiger partial charge in [0.05, 0.1) is 5.92 Å². The van der Waals surface area contributed by atoms with Crippen LogP contribution >= 0.6 is 0 Å². The maximum atomic E-state index is 11.9. The van der Waals surface area contributed by atoms with E-state index in [-0.39, 0.29) is 0 Å². The summed E-state index contributed by atoms with van der Waals surface area (Å²) in [7, 11) is 0. The Hall–Kier alpha value is -0.610.